The van der Waals surface area contributed by atoms with E-state index in [1.165, 1.54) is 36.4 Å². The number of ether oxygens (including phenoxy) is 2. The molecule has 0 amide bonds. The molecule has 3 aromatic rings. The Balaban J connectivity index is 2.07. The molecule has 0 radical (unpaired) electrons. The fourth-order valence-corrected chi connectivity index (χ4v) is 3.07. The van der Waals surface area contributed by atoms with Gasteiger partial charge in [0.15, 0.2) is 17.8 Å². The van der Waals surface area contributed by atoms with Crippen LogP contribution in [0.25, 0.3) is 5.69 Å². The Morgan fingerprint density at radius 1 is 1.03 bits per heavy atom. The number of aromatic nitrogens is 2. The lowest BCUT2D eigenvalue weighted by Crippen LogP contribution is -2.40. The summed E-state index contributed by atoms with van der Waals surface area (Å²) in [6.45, 7) is 0. The van der Waals surface area contributed by atoms with Crippen LogP contribution >= 0.6 is 15.9 Å². The van der Waals surface area contributed by atoms with Crippen molar-refractivity contribution in [2.75, 3.05) is 0 Å². The normalized spacial score (nSPS) is 12.3. The molecule has 1 heterocycles. The minimum absolute atomic E-state index is 0.00233. The highest BCUT2D eigenvalue weighted by molar-refractivity contribution is 9.10. The van der Waals surface area contributed by atoms with Crippen molar-refractivity contribution in [3.63, 3.8) is 0 Å². The highest BCUT2D eigenvalue weighted by Crippen LogP contribution is 2.36. The summed E-state index contributed by atoms with van der Waals surface area (Å²) >= 11 is 3.22. The maximum Gasteiger partial charge on any atom is 0.431 e. The van der Waals surface area contributed by atoms with Crippen LogP contribution in [0.4, 0.5) is 17.6 Å². The van der Waals surface area contributed by atoms with E-state index in [2.05, 4.69) is 15.9 Å². The minimum atomic E-state index is -4.89. The Morgan fingerprint density at radius 2 is 1.69 bits per heavy atom. The average molecular weight is 517 g/mol. The summed E-state index contributed by atoms with van der Waals surface area (Å²) in [5, 5.41) is 0. The van der Waals surface area contributed by atoms with E-state index in [-0.39, 0.29) is 29.2 Å². The fraction of sp³-hybridized carbons (Fsp3) is 0.150. The van der Waals surface area contributed by atoms with Gasteiger partial charge in [-0.1, -0.05) is 12.1 Å². The number of nitrogens with zero attached hydrogens (tertiary/aromatic N) is 2. The monoisotopic (exact) mass is 516 g/mol. The Bertz CT molecular complexity index is 1290. The fourth-order valence-electron chi connectivity index (χ4n) is 2.74. The van der Waals surface area contributed by atoms with Crippen LogP contribution in [0.3, 0.4) is 0 Å². The van der Waals surface area contributed by atoms with E-state index in [0.29, 0.717) is 19.7 Å². The van der Waals surface area contributed by atoms with Gasteiger partial charge in [-0.25, -0.2) is 9.36 Å². The SMILES string of the molecule is Cn1c(C(F)(F)F)cc(=O)n(-c2ccc(Br)c(Oc3ccccc3OC(F)C=O)c2)c1=O. The zero-order chi connectivity index (χ0) is 23.6. The Kier molecular flexibility index (Phi) is 6.53. The van der Waals surface area contributed by atoms with Gasteiger partial charge in [-0.3, -0.25) is 14.2 Å². The van der Waals surface area contributed by atoms with Crippen molar-refractivity contribution in [2.24, 2.45) is 7.05 Å². The van der Waals surface area contributed by atoms with Crippen LogP contribution in [0.2, 0.25) is 0 Å². The largest absolute Gasteiger partial charge is 0.452 e. The van der Waals surface area contributed by atoms with Crippen molar-refractivity contribution in [3.05, 3.63) is 79.5 Å². The number of hydrogen-bond acceptors (Lipinski definition) is 5. The molecule has 0 aliphatic heterocycles. The van der Waals surface area contributed by atoms with Crippen molar-refractivity contribution in [2.45, 2.75) is 12.5 Å². The highest BCUT2D eigenvalue weighted by atomic mass is 79.9. The van der Waals surface area contributed by atoms with Gasteiger partial charge < -0.3 is 9.47 Å². The van der Waals surface area contributed by atoms with Crippen molar-refractivity contribution in [1.29, 1.82) is 0 Å². The third-order valence-electron chi connectivity index (χ3n) is 4.20. The van der Waals surface area contributed by atoms with Crippen LogP contribution in [-0.4, -0.2) is 21.8 Å². The average Bonchev–Trinajstić information content (AvgIpc) is 2.73. The van der Waals surface area contributed by atoms with Crippen molar-refractivity contribution >= 4 is 22.2 Å². The minimum Gasteiger partial charge on any atom is -0.452 e. The second-order valence-electron chi connectivity index (χ2n) is 6.31. The topological polar surface area (TPSA) is 79.5 Å². The van der Waals surface area contributed by atoms with E-state index < -0.39 is 29.5 Å². The molecular weight excluding hydrogens is 504 g/mol. The summed E-state index contributed by atoms with van der Waals surface area (Å²) in [4.78, 5) is 35.4. The molecule has 1 unspecified atom stereocenters. The summed E-state index contributed by atoms with van der Waals surface area (Å²) in [6.07, 6.45) is -7.18. The van der Waals surface area contributed by atoms with Crippen LogP contribution in [0.15, 0.2) is 62.6 Å². The standard InChI is InChI=1S/C20H13BrF4N2O5/c1-26-16(20(23,24)25)9-18(29)27(19(26)30)11-6-7-12(21)15(8-11)31-13-4-2-3-5-14(13)32-17(22)10-28/h2-10,17H,1H3. The van der Waals surface area contributed by atoms with E-state index in [4.69, 9.17) is 9.47 Å². The number of benzene rings is 2. The van der Waals surface area contributed by atoms with E-state index in [1.54, 1.807) is 6.07 Å². The molecule has 0 fully saturated rings. The summed E-state index contributed by atoms with van der Waals surface area (Å²) in [6, 6.07) is 10.1. The van der Waals surface area contributed by atoms with E-state index >= 15 is 0 Å². The van der Waals surface area contributed by atoms with Gasteiger partial charge >= 0.3 is 11.9 Å². The summed E-state index contributed by atoms with van der Waals surface area (Å²) in [5.74, 6) is -0.0663. The second-order valence-corrected chi connectivity index (χ2v) is 7.17. The van der Waals surface area contributed by atoms with Crippen LogP contribution in [-0.2, 0) is 18.0 Å². The molecule has 32 heavy (non-hydrogen) atoms. The smallest absolute Gasteiger partial charge is 0.431 e. The molecule has 0 aliphatic carbocycles. The summed E-state index contributed by atoms with van der Waals surface area (Å²) < 4.78 is 64.2. The predicted octanol–water partition coefficient (Wildman–Crippen LogP) is 3.98. The van der Waals surface area contributed by atoms with E-state index in [9.17, 15) is 31.9 Å². The van der Waals surface area contributed by atoms with E-state index in [0.717, 1.165) is 7.05 Å². The lowest BCUT2D eigenvalue weighted by Gasteiger charge is -2.16. The summed E-state index contributed by atoms with van der Waals surface area (Å²) in [5.41, 5.74) is -3.87. The molecule has 7 nitrogen and oxygen atoms in total. The molecule has 0 saturated carbocycles. The number of carbonyl (C=O) groups is 1. The quantitative estimate of drug-likeness (QED) is 0.365. The second kappa shape index (κ2) is 8.99. The van der Waals surface area contributed by atoms with Gasteiger partial charge in [-0.15, -0.1) is 0 Å². The van der Waals surface area contributed by atoms with Gasteiger partial charge in [-0.05, 0) is 40.2 Å². The summed E-state index contributed by atoms with van der Waals surface area (Å²) in [7, 11) is 0.894. The van der Waals surface area contributed by atoms with Gasteiger partial charge in [0.2, 0.25) is 0 Å². The maximum atomic E-state index is 13.3. The Hall–Kier alpha value is -3.41. The zero-order valence-electron chi connectivity index (χ0n) is 16.1. The number of hydrogen-bond donors (Lipinski definition) is 0. The number of alkyl halides is 4. The zero-order valence-corrected chi connectivity index (χ0v) is 17.7. The Morgan fingerprint density at radius 3 is 2.31 bits per heavy atom. The van der Waals surface area contributed by atoms with Crippen molar-refractivity contribution in [1.82, 2.24) is 9.13 Å². The highest BCUT2D eigenvalue weighted by Gasteiger charge is 2.35. The molecule has 1 aromatic heterocycles. The number of aldehydes is 1. The molecule has 0 N–H and O–H groups in total. The van der Waals surface area contributed by atoms with Gasteiger partial charge in [0.25, 0.3) is 11.9 Å². The van der Waals surface area contributed by atoms with Gasteiger partial charge in [0, 0.05) is 19.2 Å². The third-order valence-corrected chi connectivity index (χ3v) is 4.85. The number of carbonyl (C=O) groups excluding carboxylic acids is 1. The first-order chi connectivity index (χ1) is 15.0. The lowest BCUT2D eigenvalue weighted by atomic mass is 10.2. The number of halogens is 5. The molecule has 0 aliphatic rings. The molecule has 168 valence electrons. The van der Waals surface area contributed by atoms with Gasteiger partial charge in [0.1, 0.15) is 11.4 Å². The lowest BCUT2D eigenvalue weighted by molar-refractivity contribution is -0.144. The first kappa shape index (κ1) is 23.3. The molecule has 12 heteroatoms. The van der Waals surface area contributed by atoms with Crippen LogP contribution in [0, 0.1) is 0 Å². The molecule has 3 rings (SSSR count). The van der Waals surface area contributed by atoms with Gasteiger partial charge in [-0.2, -0.15) is 17.6 Å². The first-order valence-corrected chi connectivity index (χ1v) is 9.55. The number of rotatable bonds is 6. The predicted molar refractivity (Wildman–Crippen MR) is 108 cm³/mol. The first-order valence-electron chi connectivity index (χ1n) is 8.76. The van der Waals surface area contributed by atoms with E-state index in [1.807, 2.05) is 0 Å². The molecule has 2 aromatic carbocycles. The molecule has 1 atom stereocenters. The molecule has 0 bridgehead atoms. The molecule has 0 saturated heterocycles. The molecular formula is C20H13BrF4N2O5. The van der Waals surface area contributed by atoms with Crippen molar-refractivity contribution in [3.8, 4) is 22.9 Å². The Labute approximate surface area is 185 Å². The van der Waals surface area contributed by atoms with Crippen molar-refractivity contribution < 1.29 is 31.8 Å². The molecule has 0 spiro atoms. The number of para-hydroxylation sites is 2. The maximum absolute atomic E-state index is 13.3. The van der Waals surface area contributed by atoms with Gasteiger partial charge in [0.05, 0.1) is 10.2 Å². The van der Waals surface area contributed by atoms with Crippen LogP contribution in [0.1, 0.15) is 5.69 Å². The van der Waals surface area contributed by atoms with Crippen LogP contribution in [0.5, 0.6) is 17.2 Å². The third kappa shape index (κ3) is 4.74. The van der Waals surface area contributed by atoms with Crippen LogP contribution < -0.4 is 20.7 Å².